The van der Waals surface area contributed by atoms with Gasteiger partial charge in [0, 0.05) is 15.0 Å². The molecule has 0 aliphatic heterocycles. The molecule has 0 radical (unpaired) electrons. The minimum atomic E-state index is 0.472. The second-order valence-electron chi connectivity index (χ2n) is 3.31. The quantitative estimate of drug-likeness (QED) is 0.832. The summed E-state index contributed by atoms with van der Waals surface area (Å²) in [5.74, 6) is 0.472. The molecule has 0 saturated carbocycles. The predicted octanol–water partition coefficient (Wildman–Crippen LogP) is 3.87. The third-order valence-corrected chi connectivity index (χ3v) is 2.57. The van der Waals surface area contributed by atoms with E-state index < -0.39 is 0 Å². The number of hydrogen-bond acceptors (Lipinski definition) is 1. The van der Waals surface area contributed by atoms with Crippen molar-refractivity contribution in [1.29, 1.82) is 0 Å². The maximum atomic E-state index is 3.96. The third-order valence-electron chi connectivity index (χ3n) is 1.85. The molecule has 0 bridgehead atoms. The maximum absolute atomic E-state index is 3.96. The lowest BCUT2D eigenvalue weighted by atomic mass is 10.1. The van der Waals surface area contributed by atoms with E-state index in [1.165, 1.54) is 3.57 Å². The fourth-order valence-corrected chi connectivity index (χ4v) is 1.22. The summed E-state index contributed by atoms with van der Waals surface area (Å²) < 4.78 is 1.25. The van der Waals surface area contributed by atoms with Crippen molar-refractivity contribution in [1.82, 2.24) is 0 Å². The highest BCUT2D eigenvalue weighted by molar-refractivity contribution is 14.1. The van der Waals surface area contributed by atoms with E-state index in [1.807, 2.05) is 0 Å². The second-order valence-corrected chi connectivity index (χ2v) is 4.56. The molecular formula is C11H14IN. The minimum Gasteiger partial charge on any atom is -0.359 e. The van der Waals surface area contributed by atoms with Crippen molar-refractivity contribution < 1.29 is 0 Å². The van der Waals surface area contributed by atoms with E-state index in [9.17, 15) is 0 Å². The first-order valence-electron chi connectivity index (χ1n) is 4.31. The summed E-state index contributed by atoms with van der Waals surface area (Å²) in [7, 11) is 0. The van der Waals surface area contributed by atoms with E-state index in [0.29, 0.717) is 5.92 Å². The Kier molecular flexibility index (Phi) is 3.78. The monoisotopic (exact) mass is 287 g/mol. The largest absolute Gasteiger partial charge is 0.359 e. The fourth-order valence-electron chi connectivity index (χ4n) is 0.863. The molecule has 70 valence electrons. The lowest BCUT2D eigenvalue weighted by Crippen LogP contribution is -2.03. The Balaban J connectivity index is 2.65. The van der Waals surface area contributed by atoms with Gasteiger partial charge in [0.05, 0.1) is 0 Å². The van der Waals surface area contributed by atoms with E-state index in [-0.39, 0.29) is 0 Å². The van der Waals surface area contributed by atoms with Crippen LogP contribution in [-0.4, -0.2) is 0 Å². The summed E-state index contributed by atoms with van der Waals surface area (Å²) in [4.78, 5) is 0. The molecule has 0 atom stereocenters. The van der Waals surface area contributed by atoms with Crippen LogP contribution in [-0.2, 0) is 0 Å². The van der Waals surface area contributed by atoms with Crippen molar-refractivity contribution in [3.05, 3.63) is 40.1 Å². The summed E-state index contributed by atoms with van der Waals surface area (Å²) in [5, 5.41) is 3.27. The molecule has 0 aliphatic rings. The zero-order valence-corrected chi connectivity index (χ0v) is 10.1. The van der Waals surface area contributed by atoms with Crippen LogP contribution in [0.2, 0.25) is 0 Å². The summed E-state index contributed by atoms with van der Waals surface area (Å²) in [6, 6.07) is 8.29. The highest BCUT2D eigenvalue weighted by Crippen LogP contribution is 2.15. The van der Waals surface area contributed by atoms with Gasteiger partial charge in [-0.1, -0.05) is 20.4 Å². The van der Waals surface area contributed by atoms with Crippen LogP contribution in [0.15, 0.2) is 36.5 Å². The van der Waals surface area contributed by atoms with Gasteiger partial charge in [0.1, 0.15) is 0 Å². The summed E-state index contributed by atoms with van der Waals surface area (Å²) in [6.07, 6.45) is 0. The number of allylic oxidation sites excluding steroid dienone is 1. The SMILES string of the molecule is C=C(Nc1ccc(I)cc1)C(C)C. The molecule has 1 aromatic carbocycles. The number of anilines is 1. The van der Waals surface area contributed by atoms with Gasteiger partial charge in [-0.15, -0.1) is 0 Å². The van der Waals surface area contributed by atoms with Crippen LogP contribution in [0.25, 0.3) is 0 Å². The zero-order chi connectivity index (χ0) is 9.84. The first kappa shape index (κ1) is 10.6. The van der Waals surface area contributed by atoms with Crippen LogP contribution in [0, 0.1) is 9.49 Å². The number of halogens is 1. The average Bonchev–Trinajstić information content (AvgIpc) is 2.08. The van der Waals surface area contributed by atoms with Crippen LogP contribution in [0.1, 0.15) is 13.8 Å². The summed E-state index contributed by atoms with van der Waals surface area (Å²) in [6.45, 7) is 8.21. The van der Waals surface area contributed by atoms with Gasteiger partial charge in [-0.2, -0.15) is 0 Å². The van der Waals surface area contributed by atoms with Crippen LogP contribution in [0.4, 0.5) is 5.69 Å². The van der Waals surface area contributed by atoms with E-state index in [2.05, 4.69) is 72.6 Å². The molecule has 2 heteroatoms. The molecule has 0 aliphatic carbocycles. The van der Waals surface area contributed by atoms with E-state index in [0.717, 1.165) is 11.4 Å². The fraction of sp³-hybridized carbons (Fsp3) is 0.273. The van der Waals surface area contributed by atoms with Crippen LogP contribution in [0.5, 0.6) is 0 Å². The van der Waals surface area contributed by atoms with Gasteiger partial charge in [0.2, 0.25) is 0 Å². The highest BCUT2D eigenvalue weighted by atomic mass is 127. The number of hydrogen-bond donors (Lipinski definition) is 1. The molecule has 0 heterocycles. The number of benzene rings is 1. The lowest BCUT2D eigenvalue weighted by Gasteiger charge is -2.12. The Morgan fingerprint density at radius 2 is 1.85 bits per heavy atom. The molecule has 13 heavy (non-hydrogen) atoms. The first-order chi connectivity index (χ1) is 6.09. The molecule has 0 fully saturated rings. The summed E-state index contributed by atoms with van der Waals surface area (Å²) >= 11 is 2.29. The molecule has 1 aromatic rings. The van der Waals surface area contributed by atoms with Crippen molar-refractivity contribution in [3.63, 3.8) is 0 Å². The Hall–Kier alpha value is -0.510. The smallest absolute Gasteiger partial charge is 0.0382 e. The topological polar surface area (TPSA) is 12.0 Å². The average molecular weight is 287 g/mol. The highest BCUT2D eigenvalue weighted by Gasteiger charge is 1.99. The van der Waals surface area contributed by atoms with Gasteiger partial charge in [0.15, 0.2) is 0 Å². The van der Waals surface area contributed by atoms with Gasteiger partial charge in [-0.3, -0.25) is 0 Å². The molecule has 0 aromatic heterocycles. The van der Waals surface area contributed by atoms with Gasteiger partial charge in [0.25, 0.3) is 0 Å². The zero-order valence-electron chi connectivity index (χ0n) is 7.97. The molecule has 1 nitrogen and oxygen atoms in total. The van der Waals surface area contributed by atoms with Crippen molar-refractivity contribution in [2.75, 3.05) is 5.32 Å². The van der Waals surface area contributed by atoms with Gasteiger partial charge >= 0.3 is 0 Å². The van der Waals surface area contributed by atoms with E-state index in [4.69, 9.17) is 0 Å². The Morgan fingerprint density at radius 1 is 1.31 bits per heavy atom. The standard InChI is InChI=1S/C11H14IN/c1-8(2)9(3)13-11-6-4-10(12)5-7-11/h4-8,13H,3H2,1-2H3. The normalized spacial score (nSPS) is 10.2. The van der Waals surface area contributed by atoms with Crippen LogP contribution >= 0.6 is 22.6 Å². The molecule has 1 rings (SSSR count). The maximum Gasteiger partial charge on any atom is 0.0382 e. The van der Waals surface area contributed by atoms with Crippen molar-refractivity contribution in [3.8, 4) is 0 Å². The summed E-state index contributed by atoms with van der Waals surface area (Å²) in [5.41, 5.74) is 2.17. The molecule has 1 N–H and O–H groups in total. The number of nitrogens with one attached hydrogen (secondary N) is 1. The van der Waals surface area contributed by atoms with Crippen molar-refractivity contribution in [2.45, 2.75) is 13.8 Å². The first-order valence-corrected chi connectivity index (χ1v) is 5.39. The lowest BCUT2D eigenvalue weighted by molar-refractivity contribution is 0.778. The third kappa shape index (κ3) is 3.38. The van der Waals surface area contributed by atoms with E-state index in [1.54, 1.807) is 0 Å². The molecule has 0 saturated heterocycles. The van der Waals surface area contributed by atoms with Gasteiger partial charge in [-0.05, 0) is 52.8 Å². The molecule has 0 unspecified atom stereocenters. The van der Waals surface area contributed by atoms with Gasteiger partial charge < -0.3 is 5.32 Å². The van der Waals surface area contributed by atoms with E-state index >= 15 is 0 Å². The molecule has 0 spiro atoms. The van der Waals surface area contributed by atoms with Crippen molar-refractivity contribution >= 4 is 28.3 Å². The van der Waals surface area contributed by atoms with Crippen molar-refractivity contribution in [2.24, 2.45) is 5.92 Å². The Labute approximate surface area is 93.4 Å². The minimum absolute atomic E-state index is 0.472. The second kappa shape index (κ2) is 4.65. The number of rotatable bonds is 3. The molecular weight excluding hydrogens is 273 g/mol. The van der Waals surface area contributed by atoms with Gasteiger partial charge in [-0.25, -0.2) is 0 Å². The van der Waals surface area contributed by atoms with Crippen LogP contribution < -0.4 is 5.32 Å². The Bertz CT molecular complexity index is 287. The predicted molar refractivity (Wildman–Crippen MR) is 66.8 cm³/mol. The Morgan fingerprint density at radius 3 is 2.31 bits per heavy atom. The van der Waals surface area contributed by atoms with Crippen LogP contribution in [0.3, 0.4) is 0 Å². The molecule has 0 amide bonds.